The Hall–Kier alpha value is -0.610. The van der Waals surface area contributed by atoms with E-state index in [2.05, 4.69) is 0 Å². The van der Waals surface area contributed by atoms with Crippen molar-refractivity contribution in [3.05, 3.63) is 0 Å². The van der Waals surface area contributed by atoms with E-state index in [9.17, 15) is 0 Å². The van der Waals surface area contributed by atoms with Gasteiger partial charge in [-0.2, -0.15) is 0 Å². The third kappa shape index (κ3) is 111. The highest BCUT2D eigenvalue weighted by Crippen LogP contribution is 1.62. The van der Waals surface area contributed by atoms with Gasteiger partial charge in [-0.3, -0.25) is 4.79 Å². The highest BCUT2D eigenvalue weighted by atomic mass is 16.4. The van der Waals surface area contributed by atoms with Gasteiger partial charge < -0.3 is 15.9 Å². The molecule has 0 spiro atoms. The van der Waals surface area contributed by atoms with Crippen LogP contribution in [-0.2, 0) is 4.79 Å². The van der Waals surface area contributed by atoms with Gasteiger partial charge in [0.2, 0.25) is 0 Å². The lowest BCUT2D eigenvalue weighted by atomic mass is 10.4. The van der Waals surface area contributed by atoms with E-state index in [0.29, 0.717) is 0 Å². The van der Waals surface area contributed by atoms with Crippen LogP contribution in [0.1, 0.15) is 13.8 Å². The topological polar surface area (TPSA) is 83.5 Å². The average molecular weight is 135 g/mol. The van der Waals surface area contributed by atoms with Crippen LogP contribution in [0.3, 0.4) is 0 Å². The summed E-state index contributed by atoms with van der Waals surface area (Å²) in [6.07, 6.45) is 0. The molecule has 4 N–H and O–H groups in total. The minimum absolute atomic E-state index is 0.0602. The minimum Gasteiger partial charge on any atom is -0.481 e. The van der Waals surface area contributed by atoms with Crippen LogP contribution in [-0.4, -0.2) is 28.8 Å². The van der Waals surface area contributed by atoms with Crippen LogP contribution in [0.15, 0.2) is 0 Å². The van der Waals surface area contributed by atoms with Crippen molar-refractivity contribution >= 4 is 5.97 Å². The summed E-state index contributed by atoms with van der Waals surface area (Å²) in [5.41, 5.74) is 5.04. The van der Waals surface area contributed by atoms with Gasteiger partial charge in [0.25, 0.3) is 5.97 Å². The van der Waals surface area contributed by atoms with Gasteiger partial charge >= 0.3 is 0 Å². The van der Waals surface area contributed by atoms with Gasteiger partial charge in [0.05, 0.1) is 6.61 Å². The molecule has 0 aliphatic rings. The molecule has 0 bridgehead atoms. The van der Waals surface area contributed by atoms with Gasteiger partial charge in [-0.15, -0.1) is 0 Å². The van der Waals surface area contributed by atoms with E-state index < -0.39 is 5.97 Å². The smallest absolute Gasteiger partial charge is 0.300 e. The molecule has 0 heterocycles. The van der Waals surface area contributed by atoms with E-state index in [0.717, 1.165) is 6.92 Å². The van der Waals surface area contributed by atoms with E-state index in [1.165, 1.54) is 0 Å². The number of rotatable bonds is 1. The van der Waals surface area contributed by atoms with Crippen LogP contribution >= 0.6 is 0 Å². The summed E-state index contributed by atoms with van der Waals surface area (Å²) in [5, 5.41) is 15.4. The van der Waals surface area contributed by atoms with E-state index >= 15 is 0 Å². The predicted octanol–water partition coefficient (Wildman–Crippen LogP) is -0.583. The Labute approximate surface area is 54.3 Å². The number of hydrogen-bond donors (Lipinski definition) is 3. The fourth-order valence-electron chi connectivity index (χ4n) is 0. The monoisotopic (exact) mass is 135 g/mol. The molecule has 0 rings (SSSR count). The van der Waals surface area contributed by atoms with Crippen LogP contribution < -0.4 is 5.73 Å². The van der Waals surface area contributed by atoms with E-state index in [4.69, 9.17) is 20.7 Å². The molecule has 4 nitrogen and oxygen atoms in total. The molecule has 1 atom stereocenters. The zero-order chi connectivity index (χ0) is 7.86. The largest absolute Gasteiger partial charge is 0.481 e. The molecule has 4 heteroatoms. The Morgan fingerprint density at radius 2 is 1.89 bits per heavy atom. The number of carboxylic acid groups (broad SMARTS) is 1. The number of carboxylic acids is 1. The first-order chi connectivity index (χ1) is 4.00. The van der Waals surface area contributed by atoms with Crippen LogP contribution in [0.4, 0.5) is 0 Å². The predicted molar refractivity (Wildman–Crippen MR) is 34.0 cm³/mol. The van der Waals surface area contributed by atoms with Gasteiger partial charge in [-0.05, 0) is 6.92 Å². The van der Waals surface area contributed by atoms with Gasteiger partial charge in [0.1, 0.15) is 0 Å². The Bertz CT molecular complexity index is 68.6. The van der Waals surface area contributed by atoms with Crippen molar-refractivity contribution in [2.45, 2.75) is 19.9 Å². The molecule has 0 saturated heterocycles. The van der Waals surface area contributed by atoms with Gasteiger partial charge in [0, 0.05) is 13.0 Å². The molecular weight excluding hydrogens is 122 g/mol. The fourth-order valence-corrected chi connectivity index (χ4v) is 0. The molecule has 0 aromatic rings. The van der Waals surface area contributed by atoms with Gasteiger partial charge in [-0.25, -0.2) is 0 Å². The normalized spacial score (nSPS) is 11.1. The summed E-state index contributed by atoms with van der Waals surface area (Å²) >= 11 is 0. The second kappa shape index (κ2) is 7.39. The molecule has 0 saturated carbocycles. The maximum atomic E-state index is 9.00. The highest BCUT2D eigenvalue weighted by Gasteiger charge is 1.81. The van der Waals surface area contributed by atoms with E-state index in [1.807, 2.05) is 0 Å². The number of aliphatic hydroxyl groups excluding tert-OH is 1. The number of hydrogen-bond acceptors (Lipinski definition) is 3. The second-order valence-electron chi connectivity index (χ2n) is 1.68. The number of aliphatic carboxylic acids is 1. The third-order valence-corrected chi connectivity index (χ3v) is 0.288. The first kappa shape index (κ1) is 11.2. The molecule has 0 aliphatic heterocycles. The first-order valence-electron chi connectivity index (χ1n) is 2.56. The van der Waals surface area contributed by atoms with Crippen molar-refractivity contribution in [2.24, 2.45) is 5.73 Å². The van der Waals surface area contributed by atoms with Crippen molar-refractivity contribution < 1.29 is 15.0 Å². The van der Waals surface area contributed by atoms with Crippen molar-refractivity contribution in [2.75, 3.05) is 6.61 Å². The Balaban J connectivity index is 0. The standard InChI is InChI=1S/C3H9NO.C2H4O2/c1-3(4)2-5;1-2(3)4/h3,5H,2,4H2,1H3;1H3,(H,3,4)/t3-;/m0./s1. The summed E-state index contributed by atoms with van der Waals surface area (Å²) in [4.78, 5) is 9.00. The fraction of sp³-hybridized carbons (Fsp3) is 0.800. The van der Waals surface area contributed by atoms with Crippen LogP contribution in [0.25, 0.3) is 0 Å². The second-order valence-corrected chi connectivity index (χ2v) is 1.68. The zero-order valence-corrected chi connectivity index (χ0v) is 5.66. The first-order valence-corrected chi connectivity index (χ1v) is 2.56. The summed E-state index contributed by atoms with van der Waals surface area (Å²) < 4.78 is 0. The molecule has 0 aromatic carbocycles. The molecule has 0 aliphatic carbocycles. The maximum Gasteiger partial charge on any atom is 0.300 e. The Morgan fingerprint density at radius 1 is 1.78 bits per heavy atom. The average Bonchev–Trinajstić information content (AvgIpc) is 1.65. The van der Waals surface area contributed by atoms with Crippen LogP contribution in [0, 0.1) is 0 Å². The number of carbonyl (C=O) groups is 1. The molecule has 56 valence electrons. The zero-order valence-electron chi connectivity index (χ0n) is 5.66. The molecular formula is C5H13NO3. The number of nitrogens with two attached hydrogens (primary N) is 1. The molecule has 0 radical (unpaired) electrons. The third-order valence-electron chi connectivity index (χ3n) is 0.288. The summed E-state index contributed by atoms with van der Waals surface area (Å²) in [5.74, 6) is -0.833. The van der Waals surface area contributed by atoms with Crippen molar-refractivity contribution in [1.82, 2.24) is 0 Å². The lowest BCUT2D eigenvalue weighted by Crippen LogP contribution is -2.18. The lowest BCUT2D eigenvalue weighted by molar-refractivity contribution is -0.134. The maximum absolute atomic E-state index is 9.00. The summed E-state index contributed by atoms with van der Waals surface area (Å²) in [7, 11) is 0. The van der Waals surface area contributed by atoms with Gasteiger partial charge in [-0.1, -0.05) is 0 Å². The highest BCUT2D eigenvalue weighted by molar-refractivity contribution is 5.62. The SMILES string of the molecule is CC(=O)O.C[C@H](N)CO. The molecule has 9 heavy (non-hydrogen) atoms. The summed E-state index contributed by atoms with van der Waals surface area (Å²) in [6, 6.07) is -0.0602. The Morgan fingerprint density at radius 3 is 1.89 bits per heavy atom. The molecule has 0 aromatic heterocycles. The Kier molecular flexibility index (Phi) is 9.21. The lowest BCUT2D eigenvalue weighted by Gasteiger charge is -1.91. The molecule has 0 unspecified atom stereocenters. The van der Waals surface area contributed by atoms with E-state index in [-0.39, 0.29) is 12.6 Å². The van der Waals surface area contributed by atoms with E-state index in [1.54, 1.807) is 6.92 Å². The van der Waals surface area contributed by atoms with Crippen molar-refractivity contribution in [3.63, 3.8) is 0 Å². The molecule has 0 amide bonds. The quantitative estimate of drug-likeness (QED) is 0.449. The van der Waals surface area contributed by atoms with Crippen molar-refractivity contribution in [1.29, 1.82) is 0 Å². The summed E-state index contributed by atoms with van der Waals surface area (Å²) in [6.45, 7) is 2.92. The number of aliphatic hydroxyl groups is 1. The van der Waals surface area contributed by atoms with Crippen LogP contribution in [0.2, 0.25) is 0 Å². The van der Waals surface area contributed by atoms with Crippen molar-refractivity contribution in [3.8, 4) is 0 Å². The minimum atomic E-state index is -0.833. The van der Waals surface area contributed by atoms with Gasteiger partial charge in [0.15, 0.2) is 0 Å². The van der Waals surface area contributed by atoms with Crippen LogP contribution in [0.5, 0.6) is 0 Å². The molecule has 0 fully saturated rings.